The molecule has 11 heteroatoms. The number of rotatable bonds is 6. The van der Waals surface area contributed by atoms with E-state index in [-0.39, 0.29) is 28.3 Å². The Bertz CT molecular complexity index is 1400. The molecule has 0 saturated carbocycles. The van der Waals surface area contributed by atoms with Gasteiger partial charge in [-0.1, -0.05) is 24.3 Å². The third-order valence-corrected chi connectivity index (χ3v) is 4.99. The molecule has 0 aliphatic heterocycles. The van der Waals surface area contributed by atoms with Crippen LogP contribution in [-0.2, 0) is 9.59 Å². The lowest BCUT2D eigenvalue weighted by atomic mass is 10.1. The monoisotopic (exact) mass is 537 g/mol. The van der Waals surface area contributed by atoms with Crippen molar-refractivity contribution in [3.8, 4) is 17.2 Å². The Labute approximate surface area is 224 Å². The first-order valence-corrected chi connectivity index (χ1v) is 11.3. The second-order valence-corrected chi connectivity index (χ2v) is 7.93. The number of carbonyl (C=O) groups excluding carboxylic acids is 5. The molecule has 0 spiro atoms. The van der Waals surface area contributed by atoms with Gasteiger partial charge in [0.05, 0.1) is 27.2 Å². The molecule has 3 rings (SSSR count). The van der Waals surface area contributed by atoms with Gasteiger partial charge in [0, 0.05) is 19.9 Å². The van der Waals surface area contributed by atoms with Crippen LogP contribution in [0.3, 0.4) is 0 Å². The Balaban J connectivity index is 0.000000300. The Morgan fingerprint density at radius 3 is 1.67 bits per heavy atom. The Morgan fingerprint density at radius 1 is 0.744 bits per heavy atom. The molecular formula is C28H27NO10. The molecule has 0 radical (unpaired) electrons. The Hall–Kier alpha value is -5.19. The average molecular weight is 538 g/mol. The molecule has 11 nitrogen and oxygen atoms in total. The molecule has 3 aromatic carbocycles. The summed E-state index contributed by atoms with van der Waals surface area (Å²) in [5.74, 6) is -0.678. The third kappa shape index (κ3) is 9.32. The number of ether oxygens (including phenoxy) is 2. The lowest BCUT2D eigenvalue weighted by Gasteiger charge is -2.07. The highest BCUT2D eigenvalue weighted by molar-refractivity contribution is 5.84. The fraction of sp³-hybridized carbons (Fsp3) is 0.179. The van der Waals surface area contributed by atoms with Gasteiger partial charge < -0.3 is 14.6 Å². The van der Waals surface area contributed by atoms with Gasteiger partial charge in [0.15, 0.2) is 24.6 Å². The van der Waals surface area contributed by atoms with Crippen LogP contribution >= 0.6 is 0 Å². The predicted octanol–water partition coefficient (Wildman–Crippen LogP) is 4.89. The van der Waals surface area contributed by atoms with Crippen molar-refractivity contribution in [2.75, 3.05) is 0 Å². The van der Waals surface area contributed by atoms with E-state index in [0.717, 1.165) is 18.1 Å². The van der Waals surface area contributed by atoms with Crippen molar-refractivity contribution in [3.05, 3.63) is 92.0 Å². The molecule has 204 valence electrons. The van der Waals surface area contributed by atoms with Gasteiger partial charge in [-0.2, -0.15) is 0 Å². The van der Waals surface area contributed by atoms with Crippen molar-refractivity contribution in [1.29, 1.82) is 0 Å². The first-order valence-electron chi connectivity index (χ1n) is 11.3. The topological polar surface area (TPSA) is 167 Å². The minimum absolute atomic E-state index is 0.0586. The number of aryl methyl sites for hydroxylation is 2. The summed E-state index contributed by atoms with van der Waals surface area (Å²) in [6.45, 7) is 7.42. The fourth-order valence-corrected chi connectivity index (χ4v) is 3.10. The quantitative estimate of drug-likeness (QED) is 0.150. The largest absolute Gasteiger partial charge is 0.507 e. The van der Waals surface area contributed by atoms with Crippen LogP contribution < -0.4 is 9.47 Å². The molecule has 0 saturated heterocycles. The summed E-state index contributed by atoms with van der Waals surface area (Å²) in [5.41, 5.74) is 2.32. The van der Waals surface area contributed by atoms with Gasteiger partial charge in [-0.3, -0.25) is 34.1 Å². The molecule has 0 unspecified atom stereocenters. The predicted molar refractivity (Wildman–Crippen MR) is 141 cm³/mol. The molecule has 0 amide bonds. The second-order valence-electron chi connectivity index (χ2n) is 7.93. The lowest BCUT2D eigenvalue weighted by Crippen LogP contribution is -2.06. The van der Waals surface area contributed by atoms with E-state index in [1.807, 2.05) is 0 Å². The first kappa shape index (κ1) is 31.8. The van der Waals surface area contributed by atoms with Crippen molar-refractivity contribution in [3.63, 3.8) is 0 Å². The van der Waals surface area contributed by atoms with Crippen LogP contribution in [0.15, 0.2) is 48.5 Å². The molecule has 0 aliphatic rings. The second kappa shape index (κ2) is 15.2. The number of nitrogens with zero attached hydrogens (tertiary/aromatic N) is 1. The number of nitro benzene ring substituents is 1. The van der Waals surface area contributed by atoms with E-state index < -0.39 is 16.9 Å². The number of phenolic OH excluding ortho intramolecular Hbond substituents is 1. The SMILES string of the molecule is CC(=O)Oc1c(C)cccc1C=O.CC(=O)Oc1c(C=O)ccc([N+](=O)[O-])c1C.Cc1cccc(C=O)c1O. The van der Waals surface area contributed by atoms with E-state index in [1.54, 1.807) is 50.2 Å². The number of benzene rings is 3. The molecule has 0 aliphatic carbocycles. The lowest BCUT2D eigenvalue weighted by molar-refractivity contribution is -0.385. The number of hydrogen-bond acceptors (Lipinski definition) is 10. The van der Waals surface area contributed by atoms with E-state index in [2.05, 4.69) is 0 Å². The van der Waals surface area contributed by atoms with Crippen molar-refractivity contribution in [2.24, 2.45) is 0 Å². The number of para-hydroxylation sites is 2. The number of aldehydes is 3. The first-order chi connectivity index (χ1) is 18.4. The molecule has 0 fully saturated rings. The smallest absolute Gasteiger partial charge is 0.308 e. The van der Waals surface area contributed by atoms with Crippen molar-refractivity contribution in [1.82, 2.24) is 0 Å². The molecule has 3 aromatic rings. The number of phenols is 1. The molecule has 0 atom stereocenters. The zero-order valence-corrected chi connectivity index (χ0v) is 21.9. The number of nitro groups is 1. The normalized spacial score (nSPS) is 9.46. The van der Waals surface area contributed by atoms with Gasteiger partial charge in [-0.25, -0.2) is 0 Å². The molecule has 39 heavy (non-hydrogen) atoms. The van der Waals surface area contributed by atoms with Crippen molar-refractivity contribution < 1.29 is 43.5 Å². The molecular weight excluding hydrogens is 510 g/mol. The van der Waals surface area contributed by atoms with E-state index in [1.165, 1.54) is 26.0 Å². The third-order valence-electron chi connectivity index (χ3n) is 4.99. The summed E-state index contributed by atoms with van der Waals surface area (Å²) in [4.78, 5) is 63.0. The summed E-state index contributed by atoms with van der Waals surface area (Å²) in [6, 6.07) is 12.6. The maximum atomic E-state index is 10.8. The number of esters is 2. The van der Waals surface area contributed by atoms with Gasteiger partial charge in [-0.15, -0.1) is 0 Å². The van der Waals surface area contributed by atoms with E-state index in [0.29, 0.717) is 35.7 Å². The van der Waals surface area contributed by atoms with E-state index in [4.69, 9.17) is 14.6 Å². The summed E-state index contributed by atoms with van der Waals surface area (Å²) in [7, 11) is 0. The van der Waals surface area contributed by atoms with Crippen LogP contribution in [0.1, 0.15) is 61.6 Å². The Kier molecular flexibility index (Phi) is 12.4. The molecule has 0 bridgehead atoms. The highest BCUT2D eigenvalue weighted by Gasteiger charge is 2.19. The summed E-state index contributed by atoms with van der Waals surface area (Å²) < 4.78 is 9.68. The van der Waals surface area contributed by atoms with Crippen LogP contribution in [0.25, 0.3) is 0 Å². The minimum atomic E-state index is -0.633. The van der Waals surface area contributed by atoms with Gasteiger partial charge in [0.2, 0.25) is 0 Å². The van der Waals surface area contributed by atoms with Gasteiger partial charge in [0.1, 0.15) is 11.5 Å². The van der Waals surface area contributed by atoms with Gasteiger partial charge >= 0.3 is 11.9 Å². The van der Waals surface area contributed by atoms with Crippen molar-refractivity contribution >= 4 is 36.5 Å². The van der Waals surface area contributed by atoms with Crippen LogP contribution in [0.5, 0.6) is 17.2 Å². The van der Waals surface area contributed by atoms with Crippen LogP contribution in [0.4, 0.5) is 5.69 Å². The fourth-order valence-electron chi connectivity index (χ4n) is 3.10. The summed E-state index contributed by atoms with van der Waals surface area (Å²) >= 11 is 0. The van der Waals surface area contributed by atoms with Crippen LogP contribution in [0.2, 0.25) is 0 Å². The highest BCUT2D eigenvalue weighted by Crippen LogP contribution is 2.30. The number of aromatic hydroxyl groups is 1. The highest BCUT2D eigenvalue weighted by atomic mass is 16.6. The zero-order chi connectivity index (χ0) is 29.7. The van der Waals surface area contributed by atoms with Crippen molar-refractivity contribution in [2.45, 2.75) is 34.6 Å². The van der Waals surface area contributed by atoms with Gasteiger partial charge in [-0.05, 0) is 50.1 Å². The Morgan fingerprint density at radius 2 is 1.21 bits per heavy atom. The minimum Gasteiger partial charge on any atom is -0.507 e. The zero-order valence-electron chi connectivity index (χ0n) is 21.9. The van der Waals surface area contributed by atoms with E-state index >= 15 is 0 Å². The summed E-state index contributed by atoms with van der Waals surface area (Å²) in [5, 5.41) is 19.8. The molecule has 0 aromatic heterocycles. The summed E-state index contributed by atoms with van der Waals surface area (Å²) in [6.07, 6.45) is 1.79. The number of hydrogen-bond donors (Lipinski definition) is 1. The van der Waals surface area contributed by atoms with Gasteiger partial charge in [0.25, 0.3) is 5.69 Å². The number of carbonyl (C=O) groups is 5. The maximum Gasteiger partial charge on any atom is 0.308 e. The van der Waals surface area contributed by atoms with E-state index in [9.17, 15) is 34.1 Å². The molecule has 0 heterocycles. The van der Waals surface area contributed by atoms with Crippen LogP contribution in [-0.4, -0.2) is 40.8 Å². The van der Waals surface area contributed by atoms with Crippen LogP contribution in [0, 0.1) is 30.9 Å². The standard InChI is InChI=1S/C10H9NO5.C10H10O3.C8H8O2/c1-6-9(11(14)15)4-3-8(5-12)10(6)16-7(2)13;1-7-4-3-5-9(6-11)10(7)13-8(2)12;1-6-3-2-4-7(5-9)8(6)10/h3-5H,1-2H3;3-6H,1-2H3;2-5,10H,1H3. The maximum absolute atomic E-state index is 10.8. The molecule has 1 N–H and O–H groups in total. The average Bonchev–Trinajstić information content (AvgIpc) is 2.88.